The van der Waals surface area contributed by atoms with Crippen LogP contribution in [0.25, 0.3) is 0 Å². The summed E-state index contributed by atoms with van der Waals surface area (Å²) in [6.07, 6.45) is -0.336. The van der Waals surface area contributed by atoms with E-state index in [9.17, 15) is 0 Å². The highest BCUT2D eigenvalue weighted by Crippen LogP contribution is 2.24. The molecule has 0 saturated carbocycles. The zero-order valence-electron chi connectivity index (χ0n) is 8.60. The maximum Gasteiger partial charge on any atom is 0.120 e. The largest absolute Gasteiger partial charge is 0.251 e. The molecule has 0 aliphatic heterocycles. The summed E-state index contributed by atoms with van der Waals surface area (Å²) in [6.45, 7) is 7.64. The van der Waals surface area contributed by atoms with Crippen LogP contribution >= 0.6 is 0 Å². The fourth-order valence-corrected chi connectivity index (χ4v) is 1.54. The fourth-order valence-electron chi connectivity index (χ4n) is 1.54. The van der Waals surface area contributed by atoms with Gasteiger partial charge in [0, 0.05) is 5.92 Å². The van der Waals surface area contributed by atoms with Gasteiger partial charge in [-0.05, 0) is 18.1 Å². The maximum absolute atomic E-state index is 8.77. The summed E-state index contributed by atoms with van der Waals surface area (Å²) in [6, 6.07) is 9.93. The van der Waals surface area contributed by atoms with Crippen LogP contribution < -0.4 is 0 Å². The molecule has 1 rings (SSSR count). The van der Waals surface area contributed by atoms with Gasteiger partial charge in [0.15, 0.2) is 0 Å². The molecular formula is C12H16O2. The van der Waals surface area contributed by atoms with Gasteiger partial charge in [0.05, 0.1) is 0 Å². The van der Waals surface area contributed by atoms with Crippen molar-refractivity contribution in [3.05, 3.63) is 48.0 Å². The van der Waals surface area contributed by atoms with Crippen LogP contribution in [0.2, 0.25) is 0 Å². The Labute approximate surface area is 84.8 Å². The Bertz CT molecular complexity index is 292. The van der Waals surface area contributed by atoms with Crippen molar-refractivity contribution in [2.45, 2.75) is 25.9 Å². The third kappa shape index (κ3) is 2.44. The van der Waals surface area contributed by atoms with Crippen molar-refractivity contribution in [3.63, 3.8) is 0 Å². The van der Waals surface area contributed by atoms with Gasteiger partial charge in [0.2, 0.25) is 0 Å². The van der Waals surface area contributed by atoms with Crippen molar-refractivity contribution >= 4 is 0 Å². The Morgan fingerprint density at radius 3 is 2.36 bits per heavy atom. The second-order valence-electron chi connectivity index (χ2n) is 3.57. The Hall–Kier alpha value is -1.12. The predicted molar refractivity (Wildman–Crippen MR) is 57.2 cm³/mol. The average molecular weight is 192 g/mol. The van der Waals surface area contributed by atoms with Gasteiger partial charge in [-0.25, -0.2) is 4.89 Å². The summed E-state index contributed by atoms with van der Waals surface area (Å²) in [5.41, 5.74) is 1.96. The molecule has 0 bridgehead atoms. The maximum atomic E-state index is 8.77. The van der Waals surface area contributed by atoms with E-state index in [0.717, 1.165) is 11.1 Å². The SMILES string of the molecule is C=C(C)[C@@H](OO)[C@H](C)c1ccccc1. The topological polar surface area (TPSA) is 29.5 Å². The van der Waals surface area contributed by atoms with E-state index in [0.29, 0.717) is 0 Å². The molecule has 2 heteroatoms. The minimum absolute atomic E-state index is 0.110. The lowest BCUT2D eigenvalue weighted by Crippen LogP contribution is -2.19. The molecule has 0 amide bonds. The van der Waals surface area contributed by atoms with E-state index in [1.165, 1.54) is 0 Å². The van der Waals surface area contributed by atoms with Gasteiger partial charge in [-0.3, -0.25) is 5.26 Å². The predicted octanol–water partition coefficient (Wildman–Crippen LogP) is 3.22. The molecule has 14 heavy (non-hydrogen) atoms. The summed E-state index contributed by atoms with van der Waals surface area (Å²) in [4.78, 5) is 4.43. The lowest BCUT2D eigenvalue weighted by Gasteiger charge is -2.21. The second-order valence-corrected chi connectivity index (χ2v) is 3.57. The number of hydrogen-bond acceptors (Lipinski definition) is 2. The highest BCUT2D eigenvalue weighted by Gasteiger charge is 2.20. The molecule has 0 unspecified atom stereocenters. The third-order valence-corrected chi connectivity index (χ3v) is 2.38. The molecule has 2 nitrogen and oxygen atoms in total. The molecule has 2 atom stereocenters. The van der Waals surface area contributed by atoms with Crippen LogP contribution in [0, 0.1) is 0 Å². The Morgan fingerprint density at radius 2 is 1.93 bits per heavy atom. The highest BCUT2D eigenvalue weighted by atomic mass is 17.1. The van der Waals surface area contributed by atoms with Crippen LogP contribution in [-0.4, -0.2) is 11.4 Å². The number of rotatable bonds is 4. The molecule has 0 spiro atoms. The zero-order valence-corrected chi connectivity index (χ0v) is 8.60. The summed E-state index contributed by atoms with van der Waals surface area (Å²) in [5, 5.41) is 8.77. The summed E-state index contributed by atoms with van der Waals surface area (Å²) >= 11 is 0. The molecule has 1 N–H and O–H groups in total. The third-order valence-electron chi connectivity index (χ3n) is 2.38. The monoisotopic (exact) mass is 192 g/mol. The number of hydrogen-bond donors (Lipinski definition) is 1. The van der Waals surface area contributed by atoms with Crippen LogP contribution in [-0.2, 0) is 4.89 Å². The zero-order chi connectivity index (χ0) is 10.6. The number of benzene rings is 1. The van der Waals surface area contributed by atoms with Crippen molar-refractivity contribution in [1.82, 2.24) is 0 Å². The van der Waals surface area contributed by atoms with Gasteiger partial charge in [0.25, 0.3) is 0 Å². The second kappa shape index (κ2) is 4.94. The lowest BCUT2D eigenvalue weighted by molar-refractivity contribution is -0.272. The smallest absolute Gasteiger partial charge is 0.120 e. The molecule has 0 fully saturated rings. The molecule has 0 aliphatic carbocycles. The average Bonchev–Trinajstić information content (AvgIpc) is 2.19. The van der Waals surface area contributed by atoms with Crippen molar-refractivity contribution in [2.75, 3.05) is 0 Å². The molecule has 0 aromatic heterocycles. The van der Waals surface area contributed by atoms with Crippen LogP contribution in [0.4, 0.5) is 0 Å². The normalized spacial score (nSPS) is 14.8. The Morgan fingerprint density at radius 1 is 1.36 bits per heavy atom. The van der Waals surface area contributed by atoms with E-state index in [1.54, 1.807) is 0 Å². The van der Waals surface area contributed by atoms with Crippen molar-refractivity contribution in [2.24, 2.45) is 0 Å². The van der Waals surface area contributed by atoms with E-state index in [2.05, 4.69) is 11.5 Å². The van der Waals surface area contributed by atoms with Crippen LogP contribution in [0.15, 0.2) is 42.5 Å². The van der Waals surface area contributed by atoms with Crippen LogP contribution in [0.3, 0.4) is 0 Å². The van der Waals surface area contributed by atoms with Gasteiger partial charge in [0.1, 0.15) is 6.10 Å². The standard InChI is InChI=1S/C12H16O2/c1-9(2)12(14-13)10(3)11-7-5-4-6-8-11/h4-8,10,12-13H,1H2,2-3H3/t10-,12-/m1/s1. The van der Waals surface area contributed by atoms with E-state index < -0.39 is 0 Å². The van der Waals surface area contributed by atoms with E-state index in [-0.39, 0.29) is 12.0 Å². The van der Waals surface area contributed by atoms with E-state index >= 15 is 0 Å². The molecule has 0 aliphatic rings. The fraction of sp³-hybridized carbons (Fsp3) is 0.333. The van der Waals surface area contributed by atoms with Crippen LogP contribution in [0.5, 0.6) is 0 Å². The summed E-state index contributed by atoms with van der Waals surface area (Å²) < 4.78 is 0. The first-order valence-corrected chi connectivity index (χ1v) is 4.67. The van der Waals surface area contributed by atoms with Gasteiger partial charge in [-0.1, -0.05) is 43.8 Å². The molecule has 0 radical (unpaired) electrons. The molecule has 1 aromatic carbocycles. The molecule has 1 aromatic rings. The van der Waals surface area contributed by atoms with Gasteiger partial charge in [-0.15, -0.1) is 0 Å². The molecule has 0 heterocycles. The quantitative estimate of drug-likeness (QED) is 0.451. The van der Waals surface area contributed by atoms with E-state index in [4.69, 9.17) is 5.26 Å². The van der Waals surface area contributed by atoms with Crippen molar-refractivity contribution in [3.8, 4) is 0 Å². The Balaban J connectivity index is 2.83. The van der Waals surface area contributed by atoms with Crippen molar-refractivity contribution < 1.29 is 10.1 Å². The first-order chi connectivity index (χ1) is 6.66. The van der Waals surface area contributed by atoms with Crippen molar-refractivity contribution in [1.29, 1.82) is 0 Å². The Kier molecular flexibility index (Phi) is 3.86. The molecule has 0 saturated heterocycles. The van der Waals surface area contributed by atoms with Gasteiger partial charge >= 0.3 is 0 Å². The summed E-state index contributed by atoms with van der Waals surface area (Å²) in [5.74, 6) is 0.110. The van der Waals surface area contributed by atoms with E-state index in [1.807, 2.05) is 44.2 Å². The molecule has 76 valence electrons. The lowest BCUT2D eigenvalue weighted by atomic mass is 9.92. The first-order valence-electron chi connectivity index (χ1n) is 4.67. The minimum Gasteiger partial charge on any atom is -0.251 e. The van der Waals surface area contributed by atoms with Crippen LogP contribution in [0.1, 0.15) is 25.3 Å². The van der Waals surface area contributed by atoms with Gasteiger partial charge in [-0.2, -0.15) is 0 Å². The first kappa shape index (κ1) is 11.0. The summed E-state index contributed by atoms with van der Waals surface area (Å²) in [7, 11) is 0. The molecular weight excluding hydrogens is 176 g/mol. The highest BCUT2D eigenvalue weighted by molar-refractivity contribution is 5.23. The minimum atomic E-state index is -0.336. The van der Waals surface area contributed by atoms with Gasteiger partial charge < -0.3 is 0 Å².